The third kappa shape index (κ3) is 1.99. The summed E-state index contributed by atoms with van der Waals surface area (Å²) < 4.78 is 31.9. The van der Waals surface area contributed by atoms with Gasteiger partial charge in [-0.1, -0.05) is 12.1 Å². The molecular formula is C11H11ClF2O. The van der Waals surface area contributed by atoms with E-state index in [1.54, 1.807) is 6.07 Å². The van der Waals surface area contributed by atoms with E-state index in [2.05, 4.69) is 0 Å². The maximum atomic E-state index is 13.5. The minimum Gasteiger partial charge on any atom is -0.373 e. The Morgan fingerprint density at radius 2 is 2.20 bits per heavy atom. The Labute approximate surface area is 92.0 Å². The Hall–Kier alpha value is -0.670. The van der Waals surface area contributed by atoms with Gasteiger partial charge in [0.1, 0.15) is 0 Å². The zero-order valence-electron chi connectivity index (χ0n) is 8.05. The van der Waals surface area contributed by atoms with Gasteiger partial charge in [-0.2, -0.15) is 0 Å². The molecule has 1 fully saturated rings. The van der Waals surface area contributed by atoms with Crippen molar-refractivity contribution in [3.63, 3.8) is 0 Å². The molecule has 0 spiro atoms. The van der Waals surface area contributed by atoms with Gasteiger partial charge in [0.2, 0.25) is 0 Å². The molecule has 1 saturated heterocycles. The highest BCUT2D eigenvalue weighted by molar-refractivity contribution is 6.18. The first kappa shape index (κ1) is 10.8. The molecule has 2 rings (SSSR count). The van der Waals surface area contributed by atoms with Crippen LogP contribution in [0.4, 0.5) is 8.78 Å². The Balaban J connectivity index is 2.32. The van der Waals surface area contributed by atoms with Crippen LogP contribution in [-0.2, 0) is 4.74 Å². The van der Waals surface area contributed by atoms with E-state index >= 15 is 0 Å². The molecule has 0 N–H and O–H groups in total. The highest BCUT2D eigenvalue weighted by Crippen LogP contribution is 2.36. The molecular weight excluding hydrogens is 222 g/mol. The Morgan fingerprint density at radius 3 is 2.93 bits per heavy atom. The molecule has 1 aromatic rings. The van der Waals surface area contributed by atoms with Crippen LogP contribution in [0.2, 0.25) is 0 Å². The Kier molecular flexibility index (Phi) is 3.22. The number of rotatable bonds is 2. The quantitative estimate of drug-likeness (QED) is 0.711. The summed E-state index contributed by atoms with van der Waals surface area (Å²) in [7, 11) is 0. The van der Waals surface area contributed by atoms with Crippen molar-refractivity contribution >= 4 is 11.6 Å². The second-order valence-corrected chi connectivity index (χ2v) is 3.95. The van der Waals surface area contributed by atoms with Crippen molar-refractivity contribution in [2.24, 2.45) is 5.92 Å². The molecule has 82 valence electrons. The molecule has 1 aromatic carbocycles. The highest BCUT2D eigenvalue weighted by Gasteiger charge is 2.31. The lowest BCUT2D eigenvalue weighted by Gasteiger charge is -2.17. The van der Waals surface area contributed by atoms with Gasteiger partial charge in [0.25, 0.3) is 0 Å². The predicted octanol–water partition coefficient (Wildman–Crippen LogP) is 3.28. The summed E-state index contributed by atoms with van der Waals surface area (Å²) in [5, 5.41) is 0. The molecule has 1 nitrogen and oxygen atoms in total. The lowest BCUT2D eigenvalue weighted by atomic mass is 9.96. The summed E-state index contributed by atoms with van der Waals surface area (Å²) in [4.78, 5) is 0. The molecule has 0 aromatic heterocycles. The number of hydrogen-bond acceptors (Lipinski definition) is 1. The Morgan fingerprint density at radius 1 is 1.40 bits per heavy atom. The van der Waals surface area contributed by atoms with E-state index in [-0.39, 0.29) is 11.5 Å². The monoisotopic (exact) mass is 232 g/mol. The summed E-state index contributed by atoms with van der Waals surface area (Å²) in [5.41, 5.74) is 0.276. The van der Waals surface area contributed by atoms with Crippen LogP contribution >= 0.6 is 11.6 Å². The fraction of sp³-hybridized carbons (Fsp3) is 0.455. The van der Waals surface area contributed by atoms with E-state index in [9.17, 15) is 8.78 Å². The fourth-order valence-electron chi connectivity index (χ4n) is 1.88. The van der Waals surface area contributed by atoms with Crippen LogP contribution in [0.3, 0.4) is 0 Å². The van der Waals surface area contributed by atoms with Crippen LogP contribution < -0.4 is 0 Å². The summed E-state index contributed by atoms with van der Waals surface area (Å²) in [6.45, 7) is 0.554. The smallest absolute Gasteiger partial charge is 0.164 e. The number of benzene rings is 1. The van der Waals surface area contributed by atoms with E-state index in [1.165, 1.54) is 6.07 Å². The fourth-order valence-corrected chi connectivity index (χ4v) is 2.19. The molecule has 1 aliphatic rings. The van der Waals surface area contributed by atoms with E-state index in [1.807, 2.05) is 0 Å². The topological polar surface area (TPSA) is 9.23 Å². The maximum Gasteiger partial charge on any atom is 0.164 e. The van der Waals surface area contributed by atoms with Gasteiger partial charge in [-0.05, 0) is 12.5 Å². The van der Waals surface area contributed by atoms with Crippen LogP contribution in [0, 0.1) is 17.6 Å². The first-order valence-corrected chi connectivity index (χ1v) is 5.39. The van der Waals surface area contributed by atoms with Gasteiger partial charge in [-0.25, -0.2) is 8.78 Å². The number of hydrogen-bond donors (Lipinski definition) is 0. The largest absolute Gasteiger partial charge is 0.373 e. The molecule has 0 saturated carbocycles. The van der Waals surface area contributed by atoms with Crippen molar-refractivity contribution in [2.75, 3.05) is 12.5 Å². The van der Waals surface area contributed by atoms with E-state index < -0.39 is 17.7 Å². The van der Waals surface area contributed by atoms with Crippen molar-refractivity contribution in [2.45, 2.75) is 12.5 Å². The first-order valence-electron chi connectivity index (χ1n) is 4.85. The molecule has 0 amide bonds. The minimum absolute atomic E-state index is 0.0722. The average Bonchev–Trinajstić information content (AvgIpc) is 2.70. The average molecular weight is 233 g/mol. The summed E-state index contributed by atoms with van der Waals surface area (Å²) in [6.07, 6.45) is 0.391. The summed E-state index contributed by atoms with van der Waals surface area (Å²) in [6, 6.07) is 4.14. The van der Waals surface area contributed by atoms with E-state index in [4.69, 9.17) is 16.3 Å². The van der Waals surface area contributed by atoms with Gasteiger partial charge < -0.3 is 4.74 Å². The normalized spacial score (nSPS) is 25.8. The van der Waals surface area contributed by atoms with Gasteiger partial charge in [0, 0.05) is 24.0 Å². The van der Waals surface area contributed by atoms with Gasteiger partial charge in [-0.15, -0.1) is 11.6 Å². The second kappa shape index (κ2) is 4.45. The van der Waals surface area contributed by atoms with E-state index in [0.717, 1.165) is 12.5 Å². The maximum absolute atomic E-state index is 13.5. The van der Waals surface area contributed by atoms with Crippen molar-refractivity contribution < 1.29 is 13.5 Å². The number of ether oxygens (including phenoxy) is 1. The first-order chi connectivity index (χ1) is 7.24. The second-order valence-electron chi connectivity index (χ2n) is 3.64. The predicted molar refractivity (Wildman–Crippen MR) is 53.9 cm³/mol. The number of alkyl halides is 1. The standard InChI is InChI=1S/C11H11ClF2O/c12-6-7-4-5-15-11(7)8-2-1-3-9(13)10(8)14/h1-3,7,11H,4-6H2. The van der Waals surface area contributed by atoms with Crippen LogP contribution in [0.15, 0.2) is 18.2 Å². The van der Waals surface area contributed by atoms with Crippen molar-refractivity contribution in [3.05, 3.63) is 35.4 Å². The van der Waals surface area contributed by atoms with Crippen molar-refractivity contribution in [1.29, 1.82) is 0 Å². The van der Waals surface area contributed by atoms with Gasteiger partial charge >= 0.3 is 0 Å². The third-order valence-corrected chi connectivity index (χ3v) is 3.10. The highest BCUT2D eigenvalue weighted by atomic mass is 35.5. The van der Waals surface area contributed by atoms with Crippen molar-refractivity contribution in [3.8, 4) is 0 Å². The summed E-state index contributed by atoms with van der Waals surface area (Å²) >= 11 is 5.75. The van der Waals surface area contributed by atoms with Crippen LogP contribution in [0.1, 0.15) is 18.1 Å². The summed E-state index contributed by atoms with van der Waals surface area (Å²) in [5.74, 6) is -1.18. The Bertz CT molecular complexity index is 356. The molecule has 1 heterocycles. The van der Waals surface area contributed by atoms with Gasteiger partial charge in [-0.3, -0.25) is 0 Å². The lowest BCUT2D eigenvalue weighted by molar-refractivity contribution is 0.0914. The van der Waals surface area contributed by atoms with Crippen LogP contribution in [0.25, 0.3) is 0 Å². The zero-order valence-corrected chi connectivity index (χ0v) is 8.81. The number of halogens is 3. The molecule has 0 radical (unpaired) electrons. The van der Waals surface area contributed by atoms with Gasteiger partial charge in [0.15, 0.2) is 11.6 Å². The lowest BCUT2D eigenvalue weighted by Crippen LogP contribution is -2.11. The molecule has 1 aliphatic heterocycles. The molecule has 2 unspecified atom stereocenters. The molecule has 0 bridgehead atoms. The molecule has 0 aliphatic carbocycles. The SMILES string of the molecule is Fc1cccc(C2OCCC2CCl)c1F. The zero-order chi connectivity index (χ0) is 10.8. The van der Waals surface area contributed by atoms with E-state index in [0.29, 0.717) is 12.5 Å². The molecule has 2 atom stereocenters. The molecule has 4 heteroatoms. The minimum atomic E-state index is -0.837. The van der Waals surface area contributed by atoms with Crippen LogP contribution in [0.5, 0.6) is 0 Å². The van der Waals surface area contributed by atoms with Crippen molar-refractivity contribution in [1.82, 2.24) is 0 Å². The molecule has 15 heavy (non-hydrogen) atoms. The third-order valence-electron chi connectivity index (χ3n) is 2.70. The van der Waals surface area contributed by atoms with Crippen LogP contribution in [-0.4, -0.2) is 12.5 Å². The van der Waals surface area contributed by atoms with Gasteiger partial charge in [0.05, 0.1) is 6.10 Å².